The maximum absolute atomic E-state index is 11.3. The molecule has 1 aliphatic rings. The van der Waals surface area contributed by atoms with E-state index >= 15 is 0 Å². The van der Waals surface area contributed by atoms with Gasteiger partial charge in [-0.2, -0.15) is 0 Å². The second-order valence-corrected chi connectivity index (χ2v) is 5.55. The number of carbonyl (C=O) groups excluding carboxylic acids is 1. The Morgan fingerprint density at radius 3 is 2.57 bits per heavy atom. The molecule has 1 aromatic carbocycles. The molecule has 0 bridgehead atoms. The molecule has 0 spiro atoms. The predicted molar refractivity (Wildman–Crippen MR) is 75.7 cm³/mol. The first-order valence-electron chi connectivity index (χ1n) is 6.52. The van der Waals surface area contributed by atoms with Crippen LogP contribution in [0.2, 0.25) is 0 Å². The van der Waals surface area contributed by atoms with Crippen molar-refractivity contribution in [2.45, 2.75) is 20.3 Å². The Hall–Kier alpha value is -2.44. The van der Waals surface area contributed by atoms with Gasteiger partial charge < -0.3 is 10.0 Å². The molecule has 2 rings (SSSR count). The minimum atomic E-state index is -0.910. The van der Waals surface area contributed by atoms with Crippen molar-refractivity contribution in [3.8, 4) is 0 Å². The molecular formula is C14H16N2O5. The molecule has 1 N–H and O–H groups in total. The van der Waals surface area contributed by atoms with Gasteiger partial charge in [0.2, 0.25) is 0 Å². The third kappa shape index (κ3) is 2.72. The molecule has 7 nitrogen and oxygen atoms in total. The Kier molecular flexibility index (Phi) is 3.67. The third-order valence-corrected chi connectivity index (χ3v) is 3.91. The second-order valence-electron chi connectivity index (χ2n) is 5.55. The number of hydrogen-bond donors (Lipinski definition) is 1. The van der Waals surface area contributed by atoms with Crippen LogP contribution in [0.15, 0.2) is 18.2 Å². The van der Waals surface area contributed by atoms with Gasteiger partial charge >= 0.3 is 5.97 Å². The van der Waals surface area contributed by atoms with E-state index in [1.54, 1.807) is 11.8 Å². The molecule has 1 heterocycles. The number of nitrogens with zero attached hydrogens (tertiary/aromatic N) is 2. The molecule has 7 heteroatoms. The third-order valence-electron chi connectivity index (χ3n) is 3.91. The fraction of sp³-hybridized carbons (Fsp3) is 0.429. The summed E-state index contributed by atoms with van der Waals surface area (Å²) in [6.45, 7) is 3.62. The van der Waals surface area contributed by atoms with E-state index in [1.807, 2.05) is 0 Å². The monoisotopic (exact) mass is 292 g/mol. The van der Waals surface area contributed by atoms with E-state index in [9.17, 15) is 24.8 Å². The summed E-state index contributed by atoms with van der Waals surface area (Å²) in [7, 11) is 0. The van der Waals surface area contributed by atoms with Gasteiger partial charge in [-0.1, -0.05) is 0 Å². The molecule has 0 radical (unpaired) electrons. The van der Waals surface area contributed by atoms with Crippen molar-refractivity contribution in [1.82, 2.24) is 0 Å². The van der Waals surface area contributed by atoms with Gasteiger partial charge in [0, 0.05) is 24.7 Å². The molecule has 0 aromatic heterocycles. The van der Waals surface area contributed by atoms with Crippen molar-refractivity contribution in [3.05, 3.63) is 33.9 Å². The summed E-state index contributed by atoms with van der Waals surface area (Å²) >= 11 is 0. The van der Waals surface area contributed by atoms with Crippen LogP contribution in [0, 0.1) is 15.5 Å². The van der Waals surface area contributed by atoms with E-state index < -0.39 is 16.3 Å². The highest BCUT2D eigenvalue weighted by Gasteiger charge is 2.42. The van der Waals surface area contributed by atoms with Crippen LogP contribution in [0.1, 0.15) is 30.6 Å². The van der Waals surface area contributed by atoms with Crippen LogP contribution in [0.4, 0.5) is 11.4 Å². The number of aliphatic carboxylic acids is 1. The van der Waals surface area contributed by atoms with Gasteiger partial charge in [0.05, 0.1) is 10.3 Å². The van der Waals surface area contributed by atoms with Gasteiger partial charge in [-0.3, -0.25) is 19.7 Å². The fourth-order valence-electron chi connectivity index (χ4n) is 2.50. The Labute approximate surface area is 121 Å². The standard InChI is InChI=1S/C14H16N2O5/c1-9(17)10-3-4-11(12(7-10)16(20)21)15-6-5-14(2,8-15)13(18)19/h3-4,7H,5-6,8H2,1-2H3,(H,18,19). The lowest BCUT2D eigenvalue weighted by atomic mass is 9.90. The van der Waals surface area contributed by atoms with Crippen LogP contribution in [-0.4, -0.2) is 34.9 Å². The van der Waals surface area contributed by atoms with E-state index in [0.717, 1.165) is 0 Å². The largest absolute Gasteiger partial charge is 0.481 e. The van der Waals surface area contributed by atoms with Gasteiger partial charge in [0.15, 0.2) is 5.78 Å². The number of anilines is 1. The molecular weight excluding hydrogens is 276 g/mol. The zero-order valence-electron chi connectivity index (χ0n) is 11.8. The minimum absolute atomic E-state index is 0.169. The zero-order valence-corrected chi connectivity index (χ0v) is 11.8. The lowest BCUT2D eigenvalue weighted by Crippen LogP contribution is -2.31. The van der Waals surface area contributed by atoms with Gasteiger partial charge in [0.25, 0.3) is 5.69 Å². The number of nitro benzene ring substituents is 1. The number of nitro groups is 1. The molecule has 0 amide bonds. The van der Waals surface area contributed by atoms with Crippen molar-refractivity contribution in [2.24, 2.45) is 5.41 Å². The van der Waals surface area contributed by atoms with Gasteiger partial charge in [-0.05, 0) is 32.4 Å². The first kappa shape index (κ1) is 15.0. The fourth-order valence-corrected chi connectivity index (χ4v) is 2.50. The summed E-state index contributed by atoms with van der Waals surface area (Å²) in [6.07, 6.45) is 0.425. The van der Waals surface area contributed by atoms with E-state index in [1.165, 1.54) is 25.1 Å². The Morgan fingerprint density at radius 2 is 2.10 bits per heavy atom. The smallest absolute Gasteiger partial charge is 0.311 e. The quantitative estimate of drug-likeness (QED) is 0.518. The maximum Gasteiger partial charge on any atom is 0.311 e. The predicted octanol–water partition coefficient (Wildman–Crippen LogP) is 2.10. The number of benzene rings is 1. The molecule has 1 aromatic rings. The summed E-state index contributed by atoms with van der Waals surface area (Å²) in [6, 6.07) is 4.29. The highest BCUT2D eigenvalue weighted by Crippen LogP contribution is 2.37. The first-order valence-corrected chi connectivity index (χ1v) is 6.52. The number of ketones is 1. The SMILES string of the molecule is CC(=O)c1ccc(N2CCC(C)(C(=O)O)C2)c([N+](=O)[O-])c1. The van der Waals surface area contributed by atoms with Crippen LogP contribution in [-0.2, 0) is 4.79 Å². The number of Topliss-reactive ketones (excluding diaryl/α,β-unsaturated/α-hetero) is 1. The number of carbonyl (C=O) groups is 2. The van der Waals surface area contributed by atoms with E-state index in [-0.39, 0.29) is 23.6 Å². The number of hydrogen-bond acceptors (Lipinski definition) is 5. The Morgan fingerprint density at radius 1 is 1.43 bits per heavy atom. The molecule has 0 saturated carbocycles. The second kappa shape index (κ2) is 5.16. The van der Waals surface area contributed by atoms with Gasteiger partial charge in [0.1, 0.15) is 5.69 Å². The Bertz CT molecular complexity index is 628. The van der Waals surface area contributed by atoms with E-state index in [2.05, 4.69) is 0 Å². The summed E-state index contributed by atoms with van der Waals surface area (Å²) in [5.41, 5.74) is -0.453. The summed E-state index contributed by atoms with van der Waals surface area (Å²) in [4.78, 5) is 34.9. The first-order chi connectivity index (χ1) is 9.74. The molecule has 0 aliphatic carbocycles. The molecule has 1 saturated heterocycles. The molecule has 1 aliphatic heterocycles. The van der Waals surface area contributed by atoms with Crippen molar-refractivity contribution in [2.75, 3.05) is 18.0 Å². The van der Waals surface area contributed by atoms with Crippen molar-refractivity contribution >= 4 is 23.1 Å². The van der Waals surface area contributed by atoms with Crippen LogP contribution in [0.5, 0.6) is 0 Å². The topological polar surface area (TPSA) is 101 Å². The molecule has 21 heavy (non-hydrogen) atoms. The zero-order chi connectivity index (χ0) is 15.8. The average Bonchev–Trinajstić information content (AvgIpc) is 2.82. The molecule has 1 fully saturated rings. The number of carboxylic acids is 1. The summed E-state index contributed by atoms with van der Waals surface area (Å²) in [5, 5.41) is 20.4. The number of rotatable bonds is 4. The van der Waals surface area contributed by atoms with Gasteiger partial charge in [-0.15, -0.1) is 0 Å². The minimum Gasteiger partial charge on any atom is -0.481 e. The summed E-state index contributed by atoms with van der Waals surface area (Å²) < 4.78 is 0. The van der Waals surface area contributed by atoms with Crippen molar-refractivity contribution in [3.63, 3.8) is 0 Å². The lowest BCUT2D eigenvalue weighted by Gasteiger charge is -2.21. The normalized spacial score (nSPS) is 21.3. The van der Waals surface area contributed by atoms with Crippen LogP contribution in [0.25, 0.3) is 0 Å². The molecule has 1 atom stereocenters. The van der Waals surface area contributed by atoms with Crippen LogP contribution < -0.4 is 4.90 Å². The lowest BCUT2D eigenvalue weighted by molar-refractivity contribution is -0.384. The van der Waals surface area contributed by atoms with Crippen molar-refractivity contribution < 1.29 is 19.6 Å². The van der Waals surface area contributed by atoms with Gasteiger partial charge in [-0.25, -0.2) is 0 Å². The molecule has 112 valence electrons. The number of carboxylic acid groups (broad SMARTS) is 1. The summed E-state index contributed by atoms with van der Waals surface area (Å²) in [5.74, 6) is -1.16. The molecule has 1 unspecified atom stereocenters. The average molecular weight is 292 g/mol. The van der Waals surface area contributed by atoms with E-state index in [4.69, 9.17) is 0 Å². The van der Waals surface area contributed by atoms with Crippen LogP contribution >= 0.6 is 0 Å². The highest BCUT2D eigenvalue weighted by molar-refractivity contribution is 5.95. The van der Waals surface area contributed by atoms with Crippen molar-refractivity contribution in [1.29, 1.82) is 0 Å². The van der Waals surface area contributed by atoms with Crippen LogP contribution in [0.3, 0.4) is 0 Å². The Balaban J connectivity index is 2.39. The highest BCUT2D eigenvalue weighted by atomic mass is 16.6. The van der Waals surface area contributed by atoms with E-state index in [0.29, 0.717) is 18.7 Å². The maximum atomic E-state index is 11.3.